The third-order valence-electron chi connectivity index (χ3n) is 2.96. The zero-order valence-corrected chi connectivity index (χ0v) is 11.1. The molecule has 0 aromatic carbocycles. The van der Waals surface area contributed by atoms with Crippen molar-refractivity contribution in [3.63, 3.8) is 0 Å². The molecule has 1 aliphatic heterocycles. The minimum atomic E-state index is -0.0565. The van der Waals surface area contributed by atoms with Crippen LogP contribution in [-0.2, 0) is 4.79 Å². The second kappa shape index (κ2) is 9.59. The standard InChI is InChI=1S/C12H22N2O2S/c15-10-8-6-4-2-1-3-5-7-9-11-12(16)13-14-17-11/h11,15H,1-10H2. The molecule has 0 aromatic rings. The molecular formula is C12H22N2O2S. The lowest BCUT2D eigenvalue weighted by Gasteiger charge is -2.04. The minimum absolute atomic E-state index is 0.000413. The summed E-state index contributed by atoms with van der Waals surface area (Å²) in [7, 11) is 0. The highest BCUT2D eigenvalue weighted by atomic mass is 32.2. The van der Waals surface area contributed by atoms with Crippen molar-refractivity contribution in [3.05, 3.63) is 0 Å². The van der Waals surface area contributed by atoms with E-state index in [-0.39, 0.29) is 11.2 Å². The van der Waals surface area contributed by atoms with Crippen LogP contribution < -0.4 is 0 Å². The number of nitrogens with zero attached hydrogens (tertiary/aromatic N) is 2. The van der Waals surface area contributed by atoms with Crippen molar-refractivity contribution in [2.24, 2.45) is 9.63 Å². The number of aliphatic hydroxyl groups excluding tert-OH is 1. The summed E-state index contributed by atoms with van der Waals surface area (Å²) in [6.45, 7) is 0.323. The van der Waals surface area contributed by atoms with Crippen molar-refractivity contribution in [3.8, 4) is 0 Å². The van der Waals surface area contributed by atoms with Crippen LogP contribution in [0.2, 0.25) is 0 Å². The first-order valence-corrected chi connectivity index (χ1v) is 7.40. The molecule has 0 saturated carbocycles. The van der Waals surface area contributed by atoms with Gasteiger partial charge in [-0.05, 0) is 12.8 Å². The van der Waals surface area contributed by atoms with Crippen LogP contribution in [0.3, 0.4) is 0 Å². The largest absolute Gasteiger partial charge is 0.396 e. The zero-order valence-electron chi connectivity index (χ0n) is 10.3. The highest BCUT2D eigenvalue weighted by Gasteiger charge is 2.23. The van der Waals surface area contributed by atoms with Crippen molar-refractivity contribution in [1.82, 2.24) is 0 Å². The first-order chi connectivity index (χ1) is 8.34. The zero-order chi connectivity index (χ0) is 12.3. The number of unbranched alkanes of at least 4 members (excludes halogenated alkanes) is 7. The Morgan fingerprint density at radius 2 is 1.59 bits per heavy atom. The van der Waals surface area contributed by atoms with Crippen molar-refractivity contribution in [2.75, 3.05) is 6.61 Å². The van der Waals surface area contributed by atoms with Crippen LogP contribution in [0.5, 0.6) is 0 Å². The molecule has 4 nitrogen and oxygen atoms in total. The molecule has 0 bridgehead atoms. The first kappa shape index (κ1) is 14.6. The Morgan fingerprint density at radius 3 is 2.12 bits per heavy atom. The van der Waals surface area contributed by atoms with Gasteiger partial charge in [0.2, 0.25) is 0 Å². The predicted molar refractivity (Wildman–Crippen MR) is 69.9 cm³/mol. The lowest BCUT2D eigenvalue weighted by molar-refractivity contribution is -0.117. The van der Waals surface area contributed by atoms with Gasteiger partial charge in [0.1, 0.15) is 5.25 Å². The van der Waals surface area contributed by atoms with Gasteiger partial charge >= 0.3 is 0 Å². The van der Waals surface area contributed by atoms with Crippen LogP contribution >= 0.6 is 11.9 Å². The summed E-state index contributed by atoms with van der Waals surface area (Å²) in [6, 6.07) is 0. The number of rotatable bonds is 10. The fourth-order valence-corrected chi connectivity index (χ4v) is 2.56. The molecule has 1 rings (SSSR count). The molecular weight excluding hydrogens is 236 g/mol. The summed E-state index contributed by atoms with van der Waals surface area (Å²) in [6.07, 6.45) is 10.3. The van der Waals surface area contributed by atoms with E-state index >= 15 is 0 Å². The topological polar surface area (TPSA) is 62.0 Å². The lowest BCUT2D eigenvalue weighted by atomic mass is 10.1. The highest BCUT2D eigenvalue weighted by molar-refractivity contribution is 7.99. The number of hydrogen-bond acceptors (Lipinski definition) is 4. The smallest absolute Gasteiger partial charge is 0.280 e. The van der Waals surface area contributed by atoms with E-state index in [9.17, 15) is 4.79 Å². The van der Waals surface area contributed by atoms with Crippen LogP contribution in [0.15, 0.2) is 9.63 Å². The molecule has 0 fully saturated rings. The van der Waals surface area contributed by atoms with Crippen LogP contribution in [0.1, 0.15) is 57.8 Å². The van der Waals surface area contributed by atoms with E-state index in [1.165, 1.54) is 44.1 Å². The van der Waals surface area contributed by atoms with Crippen LogP contribution in [0.4, 0.5) is 0 Å². The van der Waals surface area contributed by atoms with Gasteiger partial charge in [0.05, 0.1) is 0 Å². The molecule has 1 heterocycles. The molecule has 98 valence electrons. The van der Waals surface area contributed by atoms with Gasteiger partial charge in [0.25, 0.3) is 5.91 Å². The molecule has 5 heteroatoms. The molecule has 0 aliphatic carbocycles. The normalized spacial score (nSPS) is 19.1. The number of aliphatic hydroxyl groups is 1. The molecule has 1 N–H and O–H groups in total. The molecule has 0 aromatic heterocycles. The Hall–Kier alpha value is -0.420. The maximum Gasteiger partial charge on any atom is 0.280 e. The summed E-state index contributed by atoms with van der Waals surface area (Å²) in [5.41, 5.74) is 0. The predicted octanol–water partition coefficient (Wildman–Crippen LogP) is 3.50. The van der Waals surface area contributed by atoms with E-state index in [1.54, 1.807) is 0 Å². The fourth-order valence-electron chi connectivity index (χ4n) is 1.91. The average Bonchev–Trinajstić information content (AvgIpc) is 2.73. The van der Waals surface area contributed by atoms with Gasteiger partial charge in [-0.3, -0.25) is 4.79 Å². The van der Waals surface area contributed by atoms with Crippen LogP contribution in [0, 0.1) is 0 Å². The van der Waals surface area contributed by atoms with E-state index in [1.807, 2.05) is 0 Å². The Labute approximate surface area is 107 Å². The van der Waals surface area contributed by atoms with E-state index < -0.39 is 0 Å². The summed E-state index contributed by atoms with van der Waals surface area (Å²) < 4.78 is 3.67. The molecule has 1 atom stereocenters. The Morgan fingerprint density at radius 1 is 1.00 bits per heavy atom. The quantitative estimate of drug-likeness (QED) is 0.482. The van der Waals surface area contributed by atoms with Crippen LogP contribution in [0.25, 0.3) is 0 Å². The molecule has 1 aliphatic rings. The third kappa shape index (κ3) is 6.78. The summed E-state index contributed by atoms with van der Waals surface area (Å²) >= 11 is 1.31. The molecule has 0 saturated heterocycles. The van der Waals surface area contributed by atoms with E-state index in [0.717, 1.165) is 25.7 Å². The van der Waals surface area contributed by atoms with Gasteiger partial charge in [-0.25, -0.2) is 0 Å². The van der Waals surface area contributed by atoms with Gasteiger partial charge in [-0.15, -0.1) is 9.63 Å². The van der Waals surface area contributed by atoms with Crippen LogP contribution in [-0.4, -0.2) is 22.9 Å². The summed E-state index contributed by atoms with van der Waals surface area (Å²) in [5.74, 6) is -0.0565. The molecule has 1 unspecified atom stereocenters. The molecule has 0 spiro atoms. The van der Waals surface area contributed by atoms with E-state index in [2.05, 4.69) is 9.63 Å². The summed E-state index contributed by atoms with van der Waals surface area (Å²) in [4.78, 5) is 11.1. The Bertz CT molecular complexity index is 247. The SMILES string of the molecule is O=C1N=NSC1CCCCCCCCCCO. The van der Waals surface area contributed by atoms with Crippen molar-refractivity contribution in [1.29, 1.82) is 0 Å². The van der Waals surface area contributed by atoms with Crippen molar-refractivity contribution >= 4 is 17.9 Å². The number of carbonyl (C=O) groups excluding carboxylic acids is 1. The number of carbonyl (C=O) groups is 1. The maximum atomic E-state index is 11.1. The van der Waals surface area contributed by atoms with Crippen molar-refractivity contribution in [2.45, 2.75) is 63.0 Å². The summed E-state index contributed by atoms with van der Waals surface area (Å²) in [5, 5.41) is 12.1. The van der Waals surface area contributed by atoms with E-state index in [4.69, 9.17) is 5.11 Å². The minimum Gasteiger partial charge on any atom is -0.396 e. The molecule has 0 radical (unpaired) electrons. The molecule has 17 heavy (non-hydrogen) atoms. The Balaban J connectivity index is 1.80. The number of amides is 1. The van der Waals surface area contributed by atoms with Gasteiger partial charge in [0, 0.05) is 18.6 Å². The maximum absolute atomic E-state index is 11.1. The Kier molecular flexibility index (Phi) is 8.26. The average molecular weight is 258 g/mol. The third-order valence-corrected chi connectivity index (χ3v) is 3.83. The number of hydrogen-bond donors (Lipinski definition) is 1. The highest BCUT2D eigenvalue weighted by Crippen LogP contribution is 2.26. The van der Waals surface area contributed by atoms with Gasteiger partial charge in [-0.1, -0.05) is 44.9 Å². The fraction of sp³-hybridized carbons (Fsp3) is 0.917. The van der Waals surface area contributed by atoms with Gasteiger partial charge < -0.3 is 5.11 Å². The van der Waals surface area contributed by atoms with E-state index in [0.29, 0.717) is 6.61 Å². The second-order valence-corrected chi connectivity index (χ2v) is 5.40. The van der Waals surface area contributed by atoms with Gasteiger partial charge in [-0.2, -0.15) is 0 Å². The first-order valence-electron chi connectivity index (χ1n) is 6.56. The monoisotopic (exact) mass is 258 g/mol. The lowest BCUT2D eigenvalue weighted by Crippen LogP contribution is -2.09. The molecule has 1 amide bonds. The van der Waals surface area contributed by atoms with Crippen molar-refractivity contribution < 1.29 is 9.90 Å². The van der Waals surface area contributed by atoms with Gasteiger partial charge in [0.15, 0.2) is 0 Å². The second-order valence-electron chi connectivity index (χ2n) is 4.45.